The summed E-state index contributed by atoms with van der Waals surface area (Å²) in [7, 11) is 1.55. The fourth-order valence-corrected chi connectivity index (χ4v) is 2.03. The van der Waals surface area contributed by atoms with Gasteiger partial charge in [0, 0.05) is 19.3 Å². The monoisotopic (exact) mass is 295 g/mol. The Morgan fingerprint density at radius 2 is 1.81 bits per heavy atom. The number of alkyl halides is 3. The number of para-hydroxylation sites is 1. The largest absolute Gasteiger partial charge is 0.416 e. The van der Waals surface area contributed by atoms with E-state index in [1.165, 1.54) is 0 Å². The first-order valence-electron chi connectivity index (χ1n) is 6.55. The van der Waals surface area contributed by atoms with Crippen molar-refractivity contribution < 1.29 is 13.2 Å². The van der Waals surface area contributed by atoms with Crippen LogP contribution in [-0.4, -0.2) is 18.6 Å². The molecule has 1 aromatic carbocycles. The molecular weight excluding hydrogens is 279 g/mol. The molecule has 1 aromatic heterocycles. The van der Waals surface area contributed by atoms with E-state index in [9.17, 15) is 13.2 Å². The van der Waals surface area contributed by atoms with Crippen molar-refractivity contribution in [1.82, 2.24) is 4.98 Å². The van der Waals surface area contributed by atoms with E-state index in [4.69, 9.17) is 0 Å². The highest BCUT2D eigenvalue weighted by molar-refractivity contribution is 5.62. The van der Waals surface area contributed by atoms with Gasteiger partial charge >= 0.3 is 6.18 Å². The second-order valence-electron chi connectivity index (χ2n) is 4.43. The lowest BCUT2D eigenvalue weighted by atomic mass is 10.2. The predicted octanol–water partition coefficient (Wildman–Crippen LogP) is 4.30. The molecule has 0 saturated heterocycles. The number of nitrogens with zero attached hydrogens (tertiary/aromatic N) is 2. The molecule has 1 heterocycles. The van der Waals surface area contributed by atoms with Gasteiger partial charge in [0.05, 0.1) is 5.56 Å². The highest BCUT2D eigenvalue weighted by atomic mass is 19.4. The van der Waals surface area contributed by atoms with Crippen LogP contribution in [0.5, 0.6) is 0 Å². The number of anilines is 3. The molecule has 0 aliphatic heterocycles. The van der Waals surface area contributed by atoms with Crippen molar-refractivity contribution in [2.45, 2.75) is 13.1 Å². The molecule has 0 aliphatic rings. The number of halogens is 3. The lowest BCUT2D eigenvalue weighted by molar-refractivity contribution is -0.137. The van der Waals surface area contributed by atoms with Crippen molar-refractivity contribution in [3.8, 4) is 0 Å². The molecule has 0 saturated carbocycles. The molecule has 6 heteroatoms. The molecule has 0 bridgehead atoms. The third-order valence-electron chi connectivity index (χ3n) is 3.06. The van der Waals surface area contributed by atoms with Crippen molar-refractivity contribution in [2.24, 2.45) is 0 Å². The maximum Gasteiger partial charge on any atom is 0.416 e. The van der Waals surface area contributed by atoms with Crippen molar-refractivity contribution >= 4 is 17.3 Å². The maximum atomic E-state index is 13.0. The van der Waals surface area contributed by atoms with Crippen LogP contribution in [0.1, 0.15) is 12.5 Å². The van der Waals surface area contributed by atoms with E-state index in [0.29, 0.717) is 6.54 Å². The fourth-order valence-electron chi connectivity index (χ4n) is 2.03. The zero-order valence-corrected chi connectivity index (χ0v) is 11.8. The highest BCUT2D eigenvalue weighted by Crippen LogP contribution is 2.34. The summed E-state index contributed by atoms with van der Waals surface area (Å²) >= 11 is 0. The van der Waals surface area contributed by atoms with E-state index in [-0.39, 0.29) is 11.6 Å². The van der Waals surface area contributed by atoms with Crippen molar-refractivity contribution in [3.05, 3.63) is 48.0 Å². The number of hydrogen-bond acceptors (Lipinski definition) is 3. The first-order valence-corrected chi connectivity index (χ1v) is 6.55. The topological polar surface area (TPSA) is 28.2 Å². The normalized spacial score (nSPS) is 11.3. The van der Waals surface area contributed by atoms with E-state index >= 15 is 0 Å². The summed E-state index contributed by atoms with van der Waals surface area (Å²) in [5.41, 5.74) is 0.0834. The van der Waals surface area contributed by atoms with Gasteiger partial charge in [0.2, 0.25) is 0 Å². The summed E-state index contributed by atoms with van der Waals surface area (Å²) in [4.78, 5) is 5.96. The quantitative estimate of drug-likeness (QED) is 0.911. The van der Waals surface area contributed by atoms with Gasteiger partial charge in [0.15, 0.2) is 0 Å². The molecule has 0 unspecified atom stereocenters. The molecule has 2 aromatic rings. The molecule has 2 rings (SSSR count). The van der Waals surface area contributed by atoms with Crippen LogP contribution in [-0.2, 0) is 6.18 Å². The van der Waals surface area contributed by atoms with Crippen LogP contribution in [0.25, 0.3) is 0 Å². The van der Waals surface area contributed by atoms with Crippen LogP contribution in [0.2, 0.25) is 0 Å². The minimum absolute atomic E-state index is 0.189. The Hall–Kier alpha value is -2.24. The average Bonchev–Trinajstić information content (AvgIpc) is 2.48. The summed E-state index contributed by atoms with van der Waals surface area (Å²) in [5, 5.41) is 2.67. The first-order chi connectivity index (χ1) is 9.95. The Labute approximate surface area is 121 Å². The summed E-state index contributed by atoms with van der Waals surface area (Å²) in [6.45, 7) is 2.38. The Bertz CT molecular complexity index is 597. The maximum absolute atomic E-state index is 13.0. The molecule has 112 valence electrons. The highest BCUT2D eigenvalue weighted by Gasteiger charge is 2.32. The number of benzene rings is 1. The summed E-state index contributed by atoms with van der Waals surface area (Å²) < 4.78 is 38.9. The van der Waals surface area contributed by atoms with Crippen LogP contribution >= 0.6 is 0 Å². The summed E-state index contributed by atoms with van der Waals surface area (Å²) in [6, 6.07) is 11.3. The first kappa shape index (κ1) is 15.2. The zero-order valence-electron chi connectivity index (χ0n) is 11.8. The Morgan fingerprint density at radius 1 is 1.14 bits per heavy atom. The minimum atomic E-state index is -4.40. The summed E-state index contributed by atoms with van der Waals surface area (Å²) in [5.74, 6) is 0.456. The van der Waals surface area contributed by atoms with Gasteiger partial charge < -0.3 is 10.2 Å². The number of aromatic nitrogens is 1. The molecule has 0 radical (unpaired) electrons. The molecule has 21 heavy (non-hydrogen) atoms. The van der Waals surface area contributed by atoms with Gasteiger partial charge in [-0.3, -0.25) is 0 Å². The SMILES string of the molecule is CCN(c1ccccc1)c1cc(C(F)(F)F)cc(NC)n1. The van der Waals surface area contributed by atoms with Gasteiger partial charge in [0.1, 0.15) is 11.6 Å². The van der Waals surface area contributed by atoms with E-state index < -0.39 is 11.7 Å². The van der Waals surface area contributed by atoms with Crippen molar-refractivity contribution in [2.75, 3.05) is 23.8 Å². The molecule has 0 fully saturated rings. The van der Waals surface area contributed by atoms with Crippen molar-refractivity contribution in [3.63, 3.8) is 0 Å². The second kappa shape index (κ2) is 6.03. The number of pyridine rings is 1. The molecule has 0 spiro atoms. The predicted molar refractivity (Wildman–Crippen MR) is 77.9 cm³/mol. The zero-order chi connectivity index (χ0) is 15.5. The van der Waals surface area contributed by atoms with E-state index in [2.05, 4.69) is 10.3 Å². The number of nitrogens with one attached hydrogen (secondary N) is 1. The standard InChI is InChI=1S/C15H16F3N3/c1-3-21(12-7-5-4-6-8-12)14-10-11(15(16,17)18)9-13(19-2)20-14/h4-10H,3H2,1-2H3,(H,19,20). The van der Waals surface area contributed by atoms with Gasteiger partial charge in [-0.15, -0.1) is 0 Å². The molecule has 3 nitrogen and oxygen atoms in total. The molecule has 0 aliphatic carbocycles. The lowest BCUT2D eigenvalue weighted by Gasteiger charge is -2.23. The van der Waals surface area contributed by atoms with Gasteiger partial charge in [-0.25, -0.2) is 4.98 Å². The van der Waals surface area contributed by atoms with Gasteiger partial charge in [-0.05, 0) is 31.2 Å². The molecule has 0 amide bonds. The smallest absolute Gasteiger partial charge is 0.373 e. The van der Waals surface area contributed by atoms with Crippen LogP contribution in [0.15, 0.2) is 42.5 Å². The van der Waals surface area contributed by atoms with Gasteiger partial charge in [0.25, 0.3) is 0 Å². The second-order valence-corrected chi connectivity index (χ2v) is 4.43. The molecule has 0 atom stereocenters. The lowest BCUT2D eigenvalue weighted by Crippen LogP contribution is -2.19. The third kappa shape index (κ3) is 3.45. The molecule has 1 N–H and O–H groups in total. The van der Waals surface area contributed by atoms with Crippen LogP contribution in [0.3, 0.4) is 0 Å². The fraction of sp³-hybridized carbons (Fsp3) is 0.267. The van der Waals surface area contributed by atoms with Crippen LogP contribution < -0.4 is 10.2 Å². The summed E-state index contributed by atoms with van der Waals surface area (Å²) in [6.07, 6.45) is -4.40. The van der Waals surface area contributed by atoms with E-state index in [0.717, 1.165) is 17.8 Å². The Morgan fingerprint density at radius 3 is 2.33 bits per heavy atom. The van der Waals surface area contributed by atoms with Gasteiger partial charge in [-0.1, -0.05) is 18.2 Å². The van der Waals surface area contributed by atoms with Crippen molar-refractivity contribution in [1.29, 1.82) is 0 Å². The Kier molecular flexibility index (Phi) is 4.35. The average molecular weight is 295 g/mol. The number of hydrogen-bond donors (Lipinski definition) is 1. The molecular formula is C15H16F3N3. The van der Waals surface area contributed by atoms with Crippen LogP contribution in [0.4, 0.5) is 30.5 Å². The number of rotatable bonds is 4. The minimum Gasteiger partial charge on any atom is -0.373 e. The van der Waals surface area contributed by atoms with E-state index in [1.807, 2.05) is 37.3 Å². The Balaban J connectivity index is 2.51. The third-order valence-corrected chi connectivity index (χ3v) is 3.06. The van der Waals surface area contributed by atoms with Gasteiger partial charge in [-0.2, -0.15) is 13.2 Å². The van der Waals surface area contributed by atoms with Crippen LogP contribution in [0, 0.1) is 0 Å². The van der Waals surface area contributed by atoms with E-state index in [1.54, 1.807) is 11.9 Å².